The lowest BCUT2D eigenvalue weighted by Crippen LogP contribution is -2.27. The molecule has 4 nitrogen and oxygen atoms in total. The Morgan fingerprint density at radius 2 is 1.82 bits per heavy atom. The molecule has 4 heteroatoms. The molecule has 0 atom stereocenters. The summed E-state index contributed by atoms with van der Waals surface area (Å²) in [5.41, 5.74) is 3.09. The Morgan fingerprint density at radius 3 is 2.55 bits per heavy atom. The van der Waals surface area contributed by atoms with Crippen molar-refractivity contribution in [3.8, 4) is 5.75 Å². The van der Waals surface area contributed by atoms with Crippen molar-refractivity contribution in [1.29, 1.82) is 0 Å². The van der Waals surface area contributed by atoms with Crippen LogP contribution in [0.5, 0.6) is 5.75 Å². The van der Waals surface area contributed by atoms with Crippen LogP contribution in [0.4, 0.5) is 5.69 Å². The van der Waals surface area contributed by atoms with Gasteiger partial charge in [-0.1, -0.05) is 42.0 Å². The molecule has 0 aliphatic carbocycles. The van der Waals surface area contributed by atoms with Crippen molar-refractivity contribution in [2.75, 3.05) is 18.5 Å². The maximum atomic E-state index is 12.0. The Bertz CT molecular complexity index is 609. The van der Waals surface area contributed by atoms with Crippen molar-refractivity contribution in [1.82, 2.24) is 5.32 Å². The highest BCUT2D eigenvalue weighted by Gasteiger charge is 2.06. The predicted octanol–water partition coefficient (Wildman–Crippen LogP) is 3.12. The summed E-state index contributed by atoms with van der Waals surface area (Å²) in [5, 5.41) is 6.00. The fourth-order valence-corrected chi connectivity index (χ4v) is 2.07. The van der Waals surface area contributed by atoms with E-state index in [-0.39, 0.29) is 12.5 Å². The minimum Gasteiger partial charge on any atom is -0.492 e. The maximum Gasteiger partial charge on any atom is 0.238 e. The van der Waals surface area contributed by atoms with E-state index in [9.17, 15) is 4.79 Å². The van der Waals surface area contributed by atoms with Crippen molar-refractivity contribution in [2.45, 2.75) is 20.4 Å². The van der Waals surface area contributed by atoms with Crippen molar-refractivity contribution < 1.29 is 9.53 Å². The molecular weight excluding hydrogens is 276 g/mol. The van der Waals surface area contributed by atoms with Gasteiger partial charge in [-0.15, -0.1) is 0 Å². The van der Waals surface area contributed by atoms with Crippen LogP contribution in [-0.2, 0) is 11.3 Å². The van der Waals surface area contributed by atoms with Crippen molar-refractivity contribution in [2.24, 2.45) is 0 Å². The van der Waals surface area contributed by atoms with Gasteiger partial charge < -0.3 is 15.4 Å². The summed E-state index contributed by atoms with van der Waals surface area (Å²) in [6.45, 7) is 5.47. The molecule has 0 saturated carbocycles. The lowest BCUT2D eigenvalue weighted by atomic mass is 10.1. The van der Waals surface area contributed by atoms with Crippen molar-refractivity contribution in [3.05, 3.63) is 59.7 Å². The minimum atomic E-state index is -0.0840. The molecule has 0 heterocycles. The highest BCUT2D eigenvalue weighted by Crippen LogP contribution is 2.23. The monoisotopic (exact) mass is 298 g/mol. The third-order valence-corrected chi connectivity index (χ3v) is 3.20. The highest BCUT2D eigenvalue weighted by atomic mass is 16.5. The van der Waals surface area contributed by atoms with Crippen LogP contribution in [0.25, 0.3) is 0 Å². The Morgan fingerprint density at radius 1 is 1.09 bits per heavy atom. The van der Waals surface area contributed by atoms with Gasteiger partial charge in [-0.2, -0.15) is 0 Å². The summed E-state index contributed by atoms with van der Waals surface area (Å²) in [5.74, 6) is 0.608. The van der Waals surface area contributed by atoms with Gasteiger partial charge in [0.2, 0.25) is 5.91 Å². The molecule has 0 fully saturated rings. The maximum absolute atomic E-state index is 12.0. The Kier molecular flexibility index (Phi) is 5.98. The summed E-state index contributed by atoms with van der Waals surface area (Å²) < 4.78 is 5.49. The number of hydrogen-bond donors (Lipinski definition) is 2. The minimum absolute atomic E-state index is 0.0840. The number of hydrogen-bond acceptors (Lipinski definition) is 3. The fourth-order valence-electron chi connectivity index (χ4n) is 2.07. The van der Waals surface area contributed by atoms with Gasteiger partial charge in [0.1, 0.15) is 5.75 Å². The molecule has 0 radical (unpaired) electrons. The molecule has 0 aliphatic heterocycles. The van der Waals surface area contributed by atoms with Crippen LogP contribution < -0.4 is 15.4 Å². The van der Waals surface area contributed by atoms with E-state index in [0.29, 0.717) is 24.6 Å². The summed E-state index contributed by atoms with van der Waals surface area (Å²) in [7, 11) is 0. The van der Waals surface area contributed by atoms with Gasteiger partial charge in [0.25, 0.3) is 0 Å². The number of nitrogens with one attached hydrogen (secondary N) is 2. The molecule has 0 bridgehead atoms. The van der Waals surface area contributed by atoms with E-state index in [2.05, 4.69) is 41.8 Å². The first kappa shape index (κ1) is 16.0. The molecule has 116 valence electrons. The number of carbonyl (C=O) groups excluding carboxylic acids is 1. The van der Waals surface area contributed by atoms with Gasteiger partial charge >= 0.3 is 0 Å². The second-order valence-electron chi connectivity index (χ2n) is 5.07. The predicted molar refractivity (Wildman–Crippen MR) is 89.1 cm³/mol. The number of anilines is 1. The zero-order valence-electron chi connectivity index (χ0n) is 13.1. The first-order valence-electron chi connectivity index (χ1n) is 7.47. The third kappa shape index (κ3) is 4.90. The molecule has 0 aromatic heterocycles. The van der Waals surface area contributed by atoms with Crippen LogP contribution in [0, 0.1) is 6.92 Å². The van der Waals surface area contributed by atoms with Crippen LogP contribution in [0.2, 0.25) is 0 Å². The first-order valence-corrected chi connectivity index (χ1v) is 7.47. The second kappa shape index (κ2) is 8.20. The third-order valence-electron chi connectivity index (χ3n) is 3.20. The molecule has 2 aromatic rings. The molecule has 0 unspecified atom stereocenters. The van der Waals surface area contributed by atoms with E-state index < -0.39 is 0 Å². The molecule has 0 saturated heterocycles. The molecule has 2 N–H and O–H groups in total. The zero-order chi connectivity index (χ0) is 15.8. The zero-order valence-corrected chi connectivity index (χ0v) is 13.1. The normalized spacial score (nSPS) is 10.3. The summed E-state index contributed by atoms with van der Waals surface area (Å²) in [6.07, 6.45) is 0. The SMILES string of the molecule is CCOc1ccccc1NC(=O)CNCc1ccc(C)cc1. The Labute approximate surface area is 131 Å². The number of rotatable bonds is 7. The summed E-state index contributed by atoms with van der Waals surface area (Å²) in [6, 6.07) is 15.7. The van der Waals surface area contributed by atoms with Crippen molar-refractivity contribution in [3.63, 3.8) is 0 Å². The molecule has 0 spiro atoms. The second-order valence-corrected chi connectivity index (χ2v) is 5.07. The van der Waals surface area contributed by atoms with Gasteiger partial charge in [-0.05, 0) is 31.5 Å². The van der Waals surface area contributed by atoms with Crippen LogP contribution in [0.15, 0.2) is 48.5 Å². The highest BCUT2D eigenvalue weighted by molar-refractivity contribution is 5.93. The summed E-state index contributed by atoms with van der Waals surface area (Å²) >= 11 is 0. The van der Waals surface area contributed by atoms with Gasteiger partial charge in [0.05, 0.1) is 18.8 Å². The molecule has 1 amide bonds. The van der Waals surface area contributed by atoms with E-state index in [1.54, 1.807) is 0 Å². The van der Waals surface area contributed by atoms with Crippen molar-refractivity contribution >= 4 is 11.6 Å². The number of carbonyl (C=O) groups is 1. The number of para-hydroxylation sites is 2. The van der Waals surface area contributed by atoms with Gasteiger partial charge in [-0.3, -0.25) is 4.79 Å². The largest absolute Gasteiger partial charge is 0.492 e. The molecule has 2 aromatic carbocycles. The van der Waals surface area contributed by atoms with E-state index in [0.717, 1.165) is 5.56 Å². The molecule has 2 rings (SSSR count). The smallest absolute Gasteiger partial charge is 0.238 e. The lowest BCUT2D eigenvalue weighted by molar-refractivity contribution is -0.115. The van der Waals surface area contributed by atoms with E-state index in [4.69, 9.17) is 4.74 Å². The van der Waals surface area contributed by atoms with Crippen LogP contribution in [-0.4, -0.2) is 19.1 Å². The number of ether oxygens (including phenoxy) is 1. The number of benzene rings is 2. The summed E-state index contributed by atoms with van der Waals surface area (Å²) in [4.78, 5) is 12.0. The topological polar surface area (TPSA) is 50.4 Å². The van der Waals surface area contributed by atoms with E-state index in [1.165, 1.54) is 5.56 Å². The van der Waals surface area contributed by atoms with E-state index >= 15 is 0 Å². The lowest BCUT2D eigenvalue weighted by Gasteiger charge is -2.11. The van der Waals surface area contributed by atoms with Gasteiger partial charge in [0.15, 0.2) is 0 Å². The fraction of sp³-hybridized carbons (Fsp3) is 0.278. The van der Waals surface area contributed by atoms with Crippen LogP contribution in [0.3, 0.4) is 0 Å². The molecule has 0 aliphatic rings. The van der Waals surface area contributed by atoms with Gasteiger partial charge in [-0.25, -0.2) is 0 Å². The van der Waals surface area contributed by atoms with Crippen LogP contribution in [0.1, 0.15) is 18.1 Å². The molecule has 22 heavy (non-hydrogen) atoms. The average Bonchev–Trinajstić information content (AvgIpc) is 2.51. The van der Waals surface area contributed by atoms with Gasteiger partial charge in [0, 0.05) is 6.54 Å². The first-order chi connectivity index (χ1) is 10.7. The Balaban J connectivity index is 1.82. The molecular formula is C18H22N2O2. The number of aryl methyl sites for hydroxylation is 1. The Hall–Kier alpha value is -2.33. The van der Waals surface area contributed by atoms with Crippen LogP contribution >= 0.6 is 0 Å². The number of amides is 1. The average molecular weight is 298 g/mol. The quantitative estimate of drug-likeness (QED) is 0.825. The standard InChI is InChI=1S/C18H22N2O2/c1-3-22-17-7-5-4-6-16(17)20-18(21)13-19-12-15-10-8-14(2)9-11-15/h4-11,19H,3,12-13H2,1-2H3,(H,20,21). The van der Waals surface area contributed by atoms with E-state index in [1.807, 2.05) is 31.2 Å².